The minimum Gasteiger partial charge on any atom is -0.349 e. The molecule has 3 N–H and O–H groups in total. The van der Waals surface area contributed by atoms with Crippen molar-refractivity contribution in [2.45, 2.75) is 64.5 Å². The zero-order valence-corrected chi connectivity index (χ0v) is 18.0. The van der Waals surface area contributed by atoms with E-state index in [1.165, 1.54) is 6.42 Å². The molecule has 0 radical (unpaired) electrons. The molecule has 2 amide bonds. The fraction of sp³-hybridized carbons (Fsp3) is 0.889. The Balaban J connectivity index is 0.00000312. The standard InChI is InChI=1S/C18H34N4O2.2ClH/c1-4-18(5-2,13-19)20-17(24)14-10-16(23)22(11-14)12-15-8-7-9-21(15)6-3;;/h14-15H,4-13,19H2,1-3H3,(H,20,24);2*1H. The van der Waals surface area contributed by atoms with Gasteiger partial charge in [0.05, 0.1) is 11.5 Å². The number of likely N-dealkylation sites (tertiary alicyclic amines) is 2. The van der Waals surface area contributed by atoms with E-state index < -0.39 is 0 Å². The lowest BCUT2D eigenvalue weighted by Crippen LogP contribution is -2.54. The third kappa shape index (κ3) is 5.72. The molecule has 2 aliphatic heterocycles. The summed E-state index contributed by atoms with van der Waals surface area (Å²) in [5.41, 5.74) is 5.54. The maximum absolute atomic E-state index is 12.6. The van der Waals surface area contributed by atoms with Crippen LogP contribution in [0.2, 0.25) is 0 Å². The molecule has 2 saturated heterocycles. The minimum atomic E-state index is -0.335. The van der Waals surface area contributed by atoms with Gasteiger partial charge in [0.25, 0.3) is 0 Å². The monoisotopic (exact) mass is 410 g/mol. The Morgan fingerprint density at radius 2 is 1.92 bits per heavy atom. The van der Waals surface area contributed by atoms with Crippen LogP contribution in [0.4, 0.5) is 0 Å². The molecular weight excluding hydrogens is 375 g/mol. The van der Waals surface area contributed by atoms with E-state index in [1.807, 2.05) is 18.7 Å². The van der Waals surface area contributed by atoms with Crippen LogP contribution in [0.25, 0.3) is 0 Å². The van der Waals surface area contributed by atoms with Crippen molar-refractivity contribution < 1.29 is 9.59 Å². The fourth-order valence-electron chi connectivity index (χ4n) is 4.03. The lowest BCUT2D eigenvalue weighted by molar-refractivity contribution is -0.129. The van der Waals surface area contributed by atoms with Gasteiger partial charge in [-0.3, -0.25) is 14.5 Å². The van der Waals surface area contributed by atoms with Gasteiger partial charge in [0.2, 0.25) is 11.8 Å². The Morgan fingerprint density at radius 1 is 1.27 bits per heavy atom. The number of carbonyl (C=O) groups is 2. The molecule has 154 valence electrons. The van der Waals surface area contributed by atoms with Crippen molar-refractivity contribution in [1.29, 1.82) is 0 Å². The van der Waals surface area contributed by atoms with Gasteiger partial charge < -0.3 is 16.0 Å². The van der Waals surface area contributed by atoms with Gasteiger partial charge in [-0.15, -0.1) is 24.8 Å². The van der Waals surface area contributed by atoms with Crippen LogP contribution in [0.1, 0.15) is 52.9 Å². The second kappa shape index (κ2) is 11.3. The molecule has 2 aliphatic rings. The molecule has 2 rings (SSSR count). The van der Waals surface area contributed by atoms with E-state index in [-0.39, 0.29) is 48.1 Å². The molecule has 0 aromatic heterocycles. The van der Waals surface area contributed by atoms with E-state index in [1.54, 1.807) is 0 Å². The van der Waals surface area contributed by atoms with Gasteiger partial charge >= 0.3 is 0 Å². The van der Waals surface area contributed by atoms with Crippen molar-refractivity contribution >= 4 is 36.6 Å². The van der Waals surface area contributed by atoms with E-state index in [2.05, 4.69) is 17.1 Å². The number of nitrogens with one attached hydrogen (secondary N) is 1. The molecule has 0 bridgehead atoms. The van der Waals surface area contributed by atoms with E-state index in [0.717, 1.165) is 38.9 Å². The molecule has 2 heterocycles. The first kappa shape index (κ1) is 25.4. The van der Waals surface area contributed by atoms with Gasteiger partial charge in [-0.2, -0.15) is 0 Å². The number of halogens is 2. The largest absolute Gasteiger partial charge is 0.349 e. The minimum absolute atomic E-state index is 0. The first-order valence-corrected chi connectivity index (χ1v) is 9.52. The fourth-order valence-corrected chi connectivity index (χ4v) is 4.03. The third-order valence-electron chi connectivity index (χ3n) is 6.05. The van der Waals surface area contributed by atoms with Gasteiger partial charge in [-0.25, -0.2) is 0 Å². The lowest BCUT2D eigenvalue weighted by Gasteiger charge is -2.32. The van der Waals surface area contributed by atoms with Gasteiger partial charge in [-0.1, -0.05) is 20.8 Å². The second-order valence-electron chi connectivity index (χ2n) is 7.31. The summed E-state index contributed by atoms with van der Waals surface area (Å²) in [6.07, 6.45) is 4.30. The van der Waals surface area contributed by atoms with E-state index >= 15 is 0 Å². The van der Waals surface area contributed by atoms with Crippen molar-refractivity contribution in [2.75, 3.05) is 32.7 Å². The predicted octanol–water partition coefficient (Wildman–Crippen LogP) is 1.80. The summed E-state index contributed by atoms with van der Waals surface area (Å²) in [4.78, 5) is 29.3. The first-order valence-electron chi connectivity index (χ1n) is 9.52. The maximum Gasteiger partial charge on any atom is 0.225 e. The van der Waals surface area contributed by atoms with Crippen molar-refractivity contribution in [3.63, 3.8) is 0 Å². The van der Waals surface area contributed by atoms with E-state index in [4.69, 9.17) is 5.73 Å². The summed E-state index contributed by atoms with van der Waals surface area (Å²) >= 11 is 0. The summed E-state index contributed by atoms with van der Waals surface area (Å²) in [5, 5.41) is 3.12. The zero-order chi connectivity index (χ0) is 17.7. The summed E-state index contributed by atoms with van der Waals surface area (Å²) in [5.74, 6) is -0.138. The van der Waals surface area contributed by atoms with E-state index in [9.17, 15) is 9.59 Å². The molecule has 0 aromatic carbocycles. The quantitative estimate of drug-likeness (QED) is 0.639. The van der Waals surface area contributed by atoms with Crippen molar-refractivity contribution in [3.8, 4) is 0 Å². The smallest absolute Gasteiger partial charge is 0.225 e. The number of carbonyl (C=O) groups excluding carboxylic acids is 2. The lowest BCUT2D eigenvalue weighted by atomic mass is 9.91. The van der Waals surface area contributed by atoms with Crippen LogP contribution in [-0.4, -0.2) is 65.9 Å². The first-order chi connectivity index (χ1) is 11.5. The molecule has 2 atom stereocenters. The normalized spacial score (nSPS) is 23.5. The molecule has 2 unspecified atom stereocenters. The number of nitrogens with zero attached hydrogens (tertiary/aromatic N) is 2. The van der Waals surface area contributed by atoms with Crippen LogP contribution in [-0.2, 0) is 9.59 Å². The average molecular weight is 411 g/mol. The Labute approximate surface area is 170 Å². The SMILES string of the molecule is CCN1CCCC1CN1CC(C(=O)NC(CC)(CC)CN)CC1=O.Cl.Cl. The third-order valence-corrected chi connectivity index (χ3v) is 6.05. The highest BCUT2D eigenvalue weighted by Gasteiger charge is 2.39. The van der Waals surface area contributed by atoms with Crippen LogP contribution in [0.15, 0.2) is 0 Å². The van der Waals surface area contributed by atoms with Gasteiger partial charge in [0.15, 0.2) is 0 Å². The van der Waals surface area contributed by atoms with Gasteiger partial charge in [-0.05, 0) is 38.8 Å². The summed E-state index contributed by atoms with van der Waals surface area (Å²) < 4.78 is 0. The maximum atomic E-state index is 12.6. The topological polar surface area (TPSA) is 78.7 Å². The molecule has 2 fully saturated rings. The van der Waals surface area contributed by atoms with Crippen molar-refractivity contribution in [1.82, 2.24) is 15.1 Å². The summed E-state index contributed by atoms with van der Waals surface area (Å²) in [7, 11) is 0. The highest BCUT2D eigenvalue weighted by Crippen LogP contribution is 2.24. The molecule has 0 saturated carbocycles. The Bertz CT molecular complexity index is 452. The highest BCUT2D eigenvalue weighted by atomic mass is 35.5. The molecular formula is C18H36Cl2N4O2. The molecule has 0 aromatic rings. The number of nitrogens with two attached hydrogens (primary N) is 1. The molecule has 0 spiro atoms. The summed E-state index contributed by atoms with van der Waals surface area (Å²) in [6, 6.07) is 0.454. The van der Waals surface area contributed by atoms with Crippen LogP contribution in [0.3, 0.4) is 0 Å². The number of hydrogen-bond donors (Lipinski definition) is 2. The number of hydrogen-bond acceptors (Lipinski definition) is 4. The molecule has 6 nitrogen and oxygen atoms in total. The van der Waals surface area contributed by atoms with Crippen LogP contribution < -0.4 is 11.1 Å². The number of likely N-dealkylation sites (N-methyl/N-ethyl adjacent to an activating group) is 1. The second-order valence-corrected chi connectivity index (χ2v) is 7.31. The van der Waals surface area contributed by atoms with Crippen LogP contribution >= 0.6 is 24.8 Å². The zero-order valence-electron chi connectivity index (χ0n) is 16.3. The molecule has 26 heavy (non-hydrogen) atoms. The summed E-state index contributed by atoms with van der Waals surface area (Å²) in [6.45, 7) is 10.2. The molecule has 8 heteroatoms. The average Bonchev–Trinajstić information content (AvgIpc) is 3.20. The molecule has 0 aliphatic carbocycles. The van der Waals surface area contributed by atoms with Gasteiger partial charge in [0.1, 0.15) is 0 Å². The number of rotatable bonds is 8. The number of amides is 2. The Hall–Kier alpha value is -0.560. The highest BCUT2D eigenvalue weighted by molar-refractivity contribution is 5.89. The Morgan fingerprint density at radius 3 is 2.46 bits per heavy atom. The van der Waals surface area contributed by atoms with Crippen molar-refractivity contribution in [3.05, 3.63) is 0 Å². The van der Waals surface area contributed by atoms with E-state index in [0.29, 0.717) is 25.6 Å². The Kier molecular flexibility index (Phi) is 11.1. The predicted molar refractivity (Wildman–Crippen MR) is 110 cm³/mol. The van der Waals surface area contributed by atoms with Gasteiger partial charge in [0, 0.05) is 32.1 Å². The van der Waals surface area contributed by atoms with Crippen LogP contribution in [0.5, 0.6) is 0 Å². The van der Waals surface area contributed by atoms with Crippen molar-refractivity contribution in [2.24, 2.45) is 11.7 Å². The van der Waals surface area contributed by atoms with Crippen LogP contribution in [0, 0.1) is 5.92 Å².